The number of nitrogens with two attached hydrogens (primary N) is 1. The van der Waals surface area contributed by atoms with Gasteiger partial charge >= 0.3 is 0 Å². The predicted octanol–water partition coefficient (Wildman–Crippen LogP) is 2.05. The SMILES string of the molecule is Nc1nn2cc(F)cnc2c1C(=O)Nc1cnncc1N1CCC(CN2CCC(F)(F)C2)CC1. The van der Waals surface area contributed by atoms with Crippen molar-refractivity contribution in [3.63, 3.8) is 0 Å². The maximum absolute atomic E-state index is 13.5. The Bertz CT molecular complexity index is 1210. The van der Waals surface area contributed by atoms with Crippen LogP contribution in [0.5, 0.6) is 0 Å². The molecule has 10 nitrogen and oxygen atoms in total. The average molecular weight is 475 g/mol. The largest absolute Gasteiger partial charge is 0.381 e. The van der Waals surface area contributed by atoms with E-state index in [1.807, 2.05) is 4.90 Å². The molecule has 3 aromatic rings. The number of carbonyl (C=O) groups is 1. The molecule has 13 heteroatoms. The van der Waals surface area contributed by atoms with E-state index in [0.29, 0.717) is 43.5 Å². The minimum absolute atomic E-state index is 0.0314. The standard InChI is InChI=1S/C21H24F3N9O/c22-14-7-26-19-17(18(25)30-33(19)11-14)20(34)29-15-8-27-28-9-16(15)32-4-1-13(2-5-32)10-31-6-3-21(23,24)12-31/h7-9,11,13H,1-6,10,12H2,(H2,25,30)(H,28,29,34). The summed E-state index contributed by atoms with van der Waals surface area (Å²) in [6, 6.07) is 0. The van der Waals surface area contributed by atoms with E-state index < -0.39 is 17.6 Å². The van der Waals surface area contributed by atoms with Gasteiger partial charge in [-0.3, -0.25) is 9.69 Å². The Morgan fingerprint density at radius 3 is 2.68 bits per heavy atom. The van der Waals surface area contributed by atoms with Gasteiger partial charge in [0, 0.05) is 32.6 Å². The first-order chi connectivity index (χ1) is 16.3. The predicted molar refractivity (Wildman–Crippen MR) is 118 cm³/mol. The summed E-state index contributed by atoms with van der Waals surface area (Å²) in [7, 11) is 0. The lowest BCUT2D eigenvalue weighted by Gasteiger charge is -2.35. The molecule has 2 saturated heterocycles. The van der Waals surface area contributed by atoms with Crippen LogP contribution in [0, 0.1) is 11.7 Å². The van der Waals surface area contributed by atoms with Crippen LogP contribution in [-0.2, 0) is 0 Å². The van der Waals surface area contributed by atoms with Crippen molar-refractivity contribution in [2.24, 2.45) is 5.92 Å². The molecule has 5 rings (SSSR count). The quantitative estimate of drug-likeness (QED) is 0.576. The van der Waals surface area contributed by atoms with Crippen molar-refractivity contribution in [2.45, 2.75) is 25.2 Å². The third-order valence-electron chi connectivity index (χ3n) is 6.37. The molecule has 0 saturated carbocycles. The molecule has 2 fully saturated rings. The highest BCUT2D eigenvalue weighted by molar-refractivity contribution is 6.12. The number of halogens is 3. The second-order valence-corrected chi connectivity index (χ2v) is 8.81. The molecular weight excluding hydrogens is 451 g/mol. The highest BCUT2D eigenvalue weighted by atomic mass is 19.3. The molecule has 2 aliphatic heterocycles. The maximum Gasteiger partial charge on any atom is 0.263 e. The van der Waals surface area contributed by atoms with Crippen LogP contribution >= 0.6 is 0 Å². The van der Waals surface area contributed by atoms with E-state index in [0.717, 1.165) is 29.8 Å². The topological polar surface area (TPSA) is 118 Å². The number of nitrogens with one attached hydrogen (secondary N) is 1. The zero-order chi connectivity index (χ0) is 23.9. The third kappa shape index (κ3) is 4.47. The van der Waals surface area contributed by atoms with E-state index in [-0.39, 0.29) is 30.0 Å². The lowest BCUT2D eigenvalue weighted by atomic mass is 9.96. The van der Waals surface area contributed by atoms with Gasteiger partial charge in [-0.25, -0.2) is 22.7 Å². The van der Waals surface area contributed by atoms with E-state index >= 15 is 0 Å². The summed E-state index contributed by atoms with van der Waals surface area (Å²) < 4.78 is 41.5. The maximum atomic E-state index is 13.5. The number of piperidine rings is 1. The number of alkyl halides is 2. The van der Waals surface area contributed by atoms with Crippen molar-refractivity contribution in [1.82, 2.24) is 29.7 Å². The molecule has 0 unspecified atom stereocenters. The fraction of sp³-hybridized carbons (Fsp3) is 0.476. The summed E-state index contributed by atoms with van der Waals surface area (Å²) in [5.41, 5.74) is 7.20. The van der Waals surface area contributed by atoms with Gasteiger partial charge in [0.25, 0.3) is 11.8 Å². The summed E-state index contributed by atoms with van der Waals surface area (Å²) in [5, 5.41) is 14.6. The molecular formula is C21H24F3N9O. The number of amides is 1. The molecule has 0 radical (unpaired) electrons. The van der Waals surface area contributed by atoms with Crippen LogP contribution in [0.4, 0.5) is 30.4 Å². The second-order valence-electron chi connectivity index (χ2n) is 8.81. The average Bonchev–Trinajstić information content (AvgIpc) is 3.31. The molecule has 34 heavy (non-hydrogen) atoms. The van der Waals surface area contributed by atoms with Crippen LogP contribution in [0.15, 0.2) is 24.8 Å². The minimum Gasteiger partial charge on any atom is -0.381 e. The molecule has 0 spiro atoms. The van der Waals surface area contributed by atoms with E-state index in [2.05, 4.69) is 30.5 Å². The van der Waals surface area contributed by atoms with Crippen LogP contribution < -0.4 is 16.0 Å². The molecule has 0 aromatic carbocycles. The Hall–Kier alpha value is -3.48. The van der Waals surface area contributed by atoms with E-state index in [1.165, 1.54) is 6.20 Å². The van der Waals surface area contributed by atoms with Crippen LogP contribution in [0.2, 0.25) is 0 Å². The summed E-state index contributed by atoms with van der Waals surface area (Å²) >= 11 is 0. The Morgan fingerprint density at radius 1 is 1.18 bits per heavy atom. The molecule has 0 bridgehead atoms. The summed E-state index contributed by atoms with van der Waals surface area (Å²) in [4.78, 5) is 20.9. The van der Waals surface area contributed by atoms with Gasteiger partial charge in [0.1, 0.15) is 5.56 Å². The molecule has 2 aliphatic rings. The zero-order valence-electron chi connectivity index (χ0n) is 18.3. The number of rotatable bonds is 5. The first kappa shape index (κ1) is 22.3. The van der Waals surface area contributed by atoms with Crippen molar-refractivity contribution >= 4 is 28.7 Å². The highest BCUT2D eigenvalue weighted by Crippen LogP contribution is 2.32. The van der Waals surface area contributed by atoms with Gasteiger partial charge in [0.15, 0.2) is 17.3 Å². The van der Waals surface area contributed by atoms with Crippen LogP contribution in [0.1, 0.15) is 29.6 Å². The first-order valence-electron chi connectivity index (χ1n) is 11.1. The number of aromatic nitrogens is 5. The second kappa shape index (κ2) is 8.70. The van der Waals surface area contributed by atoms with Crippen molar-refractivity contribution in [2.75, 3.05) is 48.7 Å². The molecule has 3 N–H and O–H groups in total. The Labute approximate surface area is 192 Å². The Balaban J connectivity index is 1.27. The molecule has 180 valence electrons. The number of anilines is 3. The van der Waals surface area contributed by atoms with Crippen LogP contribution in [0.25, 0.3) is 5.65 Å². The molecule has 0 atom stereocenters. The van der Waals surface area contributed by atoms with Gasteiger partial charge in [-0.2, -0.15) is 10.2 Å². The van der Waals surface area contributed by atoms with E-state index in [1.54, 1.807) is 6.20 Å². The molecule has 1 amide bonds. The smallest absolute Gasteiger partial charge is 0.263 e. The van der Waals surface area contributed by atoms with Gasteiger partial charge in [0.2, 0.25) is 0 Å². The molecule has 0 aliphatic carbocycles. The summed E-state index contributed by atoms with van der Waals surface area (Å²) in [6.07, 6.45) is 6.70. The normalized spacial score (nSPS) is 19.1. The number of hydrogen-bond donors (Lipinski definition) is 2. The first-order valence-corrected chi connectivity index (χ1v) is 11.1. The molecule has 5 heterocycles. The summed E-state index contributed by atoms with van der Waals surface area (Å²) in [6.45, 7) is 2.34. The van der Waals surface area contributed by atoms with Gasteiger partial charge in [-0.1, -0.05) is 0 Å². The lowest BCUT2D eigenvalue weighted by molar-refractivity contribution is 0.0105. The number of fused-ring (bicyclic) bond motifs is 1. The number of hydrogen-bond acceptors (Lipinski definition) is 8. The highest BCUT2D eigenvalue weighted by Gasteiger charge is 2.39. The molecule has 3 aromatic heterocycles. The third-order valence-corrected chi connectivity index (χ3v) is 6.37. The number of nitrogens with zero attached hydrogens (tertiary/aromatic N) is 7. The number of carbonyl (C=O) groups excluding carboxylic acids is 1. The Morgan fingerprint density at radius 2 is 1.94 bits per heavy atom. The van der Waals surface area contributed by atoms with Gasteiger partial charge in [-0.15, -0.1) is 5.10 Å². The minimum atomic E-state index is -2.58. The van der Waals surface area contributed by atoms with Gasteiger partial charge < -0.3 is 16.0 Å². The fourth-order valence-electron chi connectivity index (χ4n) is 4.68. The fourth-order valence-corrected chi connectivity index (χ4v) is 4.68. The van der Waals surface area contributed by atoms with Crippen molar-refractivity contribution in [3.8, 4) is 0 Å². The summed E-state index contributed by atoms with van der Waals surface area (Å²) in [5.74, 6) is -3.48. The van der Waals surface area contributed by atoms with Crippen LogP contribution in [0.3, 0.4) is 0 Å². The zero-order valence-corrected chi connectivity index (χ0v) is 18.3. The number of nitrogen functional groups attached to an aromatic ring is 1. The van der Waals surface area contributed by atoms with Crippen molar-refractivity contribution < 1.29 is 18.0 Å². The number of likely N-dealkylation sites (tertiary alicyclic amines) is 1. The van der Waals surface area contributed by atoms with E-state index in [4.69, 9.17) is 5.73 Å². The van der Waals surface area contributed by atoms with Crippen LogP contribution in [-0.4, -0.2) is 74.2 Å². The lowest BCUT2D eigenvalue weighted by Crippen LogP contribution is -2.39. The Kier molecular flexibility index (Phi) is 5.71. The van der Waals surface area contributed by atoms with Crippen molar-refractivity contribution in [1.29, 1.82) is 0 Å². The van der Waals surface area contributed by atoms with Gasteiger partial charge in [-0.05, 0) is 18.8 Å². The van der Waals surface area contributed by atoms with E-state index in [9.17, 15) is 18.0 Å². The van der Waals surface area contributed by atoms with Crippen molar-refractivity contribution in [3.05, 3.63) is 36.2 Å². The monoisotopic (exact) mass is 475 g/mol. The van der Waals surface area contributed by atoms with Gasteiger partial charge in [0.05, 0.1) is 42.7 Å².